The first kappa shape index (κ1) is 15.5. The zero-order valence-corrected chi connectivity index (χ0v) is 14.7. The van der Waals surface area contributed by atoms with Gasteiger partial charge in [-0.1, -0.05) is 18.2 Å². The average molecular weight is 351 g/mol. The van der Waals surface area contributed by atoms with Gasteiger partial charge in [0.1, 0.15) is 17.2 Å². The molecule has 1 fully saturated rings. The van der Waals surface area contributed by atoms with Gasteiger partial charge in [-0.3, -0.25) is 4.79 Å². The maximum atomic E-state index is 11.7. The van der Waals surface area contributed by atoms with E-state index in [1.165, 1.54) is 0 Å². The van der Waals surface area contributed by atoms with Crippen LogP contribution in [-0.2, 0) is 4.79 Å². The van der Waals surface area contributed by atoms with Crippen LogP contribution in [0.4, 0.5) is 0 Å². The van der Waals surface area contributed by atoms with Crippen molar-refractivity contribution in [1.29, 1.82) is 0 Å². The Balaban J connectivity index is 1.54. The summed E-state index contributed by atoms with van der Waals surface area (Å²) in [5.41, 5.74) is 1.62. The molecule has 3 aliphatic heterocycles. The van der Waals surface area contributed by atoms with E-state index >= 15 is 0 Å². The minimum Gasteiger partial charge on any atom is -0.466 e. The molecule has 3 aliphatic rings. The number of amides is 1. The van der Waals surface area contributed by atoms with Gasteiger partial charge in [-0.2, -0.15) is 5.10 Å². The van der Waals surface area contributed by atoms with Crippen LogP contribution in [0.1, 0.15) is 43.6 Å². The maximum Gasteiger partial charge on any atom is 0.219 e. The number of ether oxygens (including phenoxy) is 1. The van der Waals surface area contributed by atoms with Crippen LogP contribution in [0.25, 0.3) is 0 Å². The van der Waals surface area contributed by atoms with E-state index < -0.39 is 5.72 Å². The van der Waals surface area contributed by atoms with Gasteiger partial charge in [0.15, 0.2) is 0 Å². The van der Waals surface area contributed by atoms with Gasteiger partial charge in [0, 0.05) is 44.8 Å². The van der Waals surface area contributed by atoms with E-state index in [9.17, 15) is 4.79 Å². The number of para-hydroxylation sites is 1. The van der Waals surface area contributed by atoms with Gasteiger partial charge in [0.2, 0.25) is 11.6 Å². The largest absolute Gasteiger partial charge is 0.466 e. The molecule has 26 heavy (non-hydrogen) atoms. The lowest BCUT2D eigenvalue weighted by atomic mass is 9.91. The number of hydrogen-bond acceptors (Lipinski definition) is 5. The molecule has 1 aromatic heterocycles. The van der Waals surface area contributed by atoms with E-state index in [0.717, 1.165) is 42.0 Å². The van der Waals surface area contributed by atoms with E-state index in [2.05, 4.69) is 11.1 Å². The van der Waals surface area contributed by atoms with Crippen molar-refractivity contribution in [3.8, 4) is 5.75 Å². The highest BCUT2D eigenvalue weighted by Crippen LogP contribution is 2.49. The summed E-state index contributed by atoms with van der Waals surface area (Å²) in [5.74, 6) is 1.86. The Kier molecular flexibility index (Phi) is 3.35. The molecule has 4 heterocycles. The first-order valence-corrected chi connectivity index (χ1v) is 9.10. The Labute approximate surface area is 152 Å². The highest BCUT2D eigenvalue weighted by molar-refractivity contribution is 5.99. The normalized spacial score (nSPS) is 23.3. The molecule has 1 atom stereocenters. The van der Waals surface area contributed by atoms with Crippen molar-refractivity contribution in [2.75, 3.05) is 13.1 Å². The van der Waals surface area contributed by atoms with Crippen molar-refractivity contribution in [3.63, 3.8) is 0 Å². The monoisotopic (exact) mass is 351 g/mol. The van der Waals surface area contributed by atoms with Crippen molar-refractivity contribution in [3.05, 3.63) is 54.0 Å². The van der Waals surface area contributed by atoms with Crippen LogP contribution in [-0.4, -0.2) is 40.3 Å². The number of hydrazone groups is 1. The molecule has 0 saturated carbocycles. The minimum absolute atomic E-state index is 0.119. The van der Waals surface area contributed by atoms with E-state index in [-0.39, 0.29) is 11.9 Å². The SMILES string of the molecule is CC(=O)N1CCC2(CC1)Oc1ccccc1[C@@H]1CC(c3ccco3)=NN12. The molecule has 2 aromatic rings. The fraction of sp³-hybridized carbons (Fsp3) is 0.400. The predicted octanol–water partition coefficient (Wildman–Crippen LogP) is 3.16. The van der Waals surface area contributed by atoms with Gasteiger partial charge in [0.25, 0.3) is 0 Å². The number of furan rings is 1. The summed E-state index contributed by atoms with van der Waals surface area (Å²) in [7, 11) is 0. The Bertz CT molecular complexity index is 866. The quantitative estimate of drug-likeness (QED) is 0.792. The molecular weight excluding hydrogens is 330 g/mol. The lowest BCUT2D eigenvalue weighted by Crippen LogP contribution is -2.59. The minimum atomic E-state index is -0.501. The smallest absolute Gasteiger partial charge is 0.219 e. The summed E-state index contributed by atoms with van der Waals surface area (Å²) in [5, 5.41) is 7.06. The molecule has 134 valence electrons. The summed E-state index contributed by atoms with van der Waals surface area (Å²) in [6, 6.07) is 12.2. The summed E-state index contributed by atoms with van der Waals surface area (Å²) in [6.07, 6.45) is 3.96. The third kappa shape index (κ3) is 2.25. The van der Waals surface area contributed by atoms with Crippen LogP contribution in [0.5, 0.6) is 5.75 Å². The van der Waals surface area contributed by atoms with Crippen molar-refractivity contribution in [1.82, 2.24) is 9.91 Å². The van der Waals surface area contributed by atoms with Gasteiger partial charge in [-0.15, -0.1) is 0 Å². The summed E-state index contributed by atoms with van der Waals surface area (Å²) in [4.78, 5) is 13.6. The Morgan fingerprint density at radius 2 is 2.00 bits per heavy atom. The van der Waals surface area contributed by atoms with Crippen molar-refractivity contribution >= 4 is 11.6 Å². The molecule has 0 unspecified atom stereocenters. The zero-order valence-electron chi connectivity index (χ0n) is 14.7. The topological polar surface area (TPSA) is 58.3 Å². The number of piperidine rings is 1. The fourth-order valence-corrected chi connectivity index (χ4v) is 4.32. The summed E-state index contributed by atoms with van der Waals surface area (Å²) >= 11 is 0. The lowest BCUT2D eigenvalue weighted by molar-refractivity contribution is -0.158. The third-order valence-electron chi connectivity index (χ3n) is 5.70. The average Bonchev–Trinajstić information content (AvgIpc) is 3.32. The van der Waals surface area contributed by atoms with Gasteiger partial charge < -0.3 is 14.1 Å². The standard InChI is InChI=1S/C20H21N3O3/c1-14(24)22-10-8-20(9-11-22)23-17(15-5-2-3-6-18(15)26-20)13-16(21-23)19-7-4-12-25-19/h2-7,12,17H,8-11,13H2,1H3/t17-/m0/s1. The molecule has 0 radical (unpaired) electrons. The number of nitrogens with zero attached hydrogens (tertiary/aromatic N) is 3. The molecule has 1 saturated heterocycles. The van der Waals surface area contributed by atoms with Gasteiger partial charge in [-0.05, 0) is 18.2 Å². The fourth-order valence-electron chi connectivity index (χ4n) is 4.32. The van der Waals surface area contributed by atoms with Crippen LogP contribution >= 0.6 is 0 Å². The van der Waals surface area contributed by atoms with Crippen molar-refractivity contribution in [2.45, 2.75) is 38.0 Å². The molecule has 0 N–H and O–H groups in total. The number of carbonyl (C=O) groups is 1. The van der Waals surface area contributed by atoms with E-state index in [4.69, 9.17) is 14.3 Å². The number of benzene rings is 1. The summed E-state index contributed by atoms with van der Waals surface area (Å²) in [6.45, 7) is 3.00. The Morgan fingerprint density at radius 3 is 2.73 bits per heavy atom. The second-order valence-corrected chi connectivity index (χ2v) is 7.18. The van der Waals surface area contributed by atoms with Gasteiger partial charge >= 0.3 is 0 Å². The molecule has 6 heteroatoms. The van der Waals surface area contributed by atoms with Crippen LogP contribution in [0.2, 0.25) is 0 Å². The molecule has 1 amide bonds. The maximum absolute atomic E-state index is 11.7. The van der Waals surface area contributed by atoms with E-state index in [1.54, 1.807) is 13.2 Å². The van der Waals surface area contributed by atoms with Gasteiger partial charge in [-0.25, -0.2) is 5.01 Å². The summed E-state index contributed by atoms with van der Waals surface area (Å²) < 4.78 is 12.1. The molecule has 0 bridgehead atoms. The van der Waals surface area contributed by atoms with Crippen molar-refractivity contribution in [2.24, 2.45) is 5.10 Å². The molecular formula is C20H21N3O3. The number of fused-ring (bicyclic) bond motifs is 4. The number of carbonyl (C=O) groups excluding carboxylic acids is 1. The number of hydrogen-bond donors (Lipinski definition) is 0. The molecule has 0 aliphatic carbocycles. The molecule has 5 rings (SSSR count). The zero-order chi connectivity index (χ0) is 17.7. The molecule has 1 spiro atoms. The highest BCUT2D eigenvalue weighted by Gasteiger charge is 2.52. The first-order valence-electron chi connectivity index (χ1n) is 9.10. The Hall–Kier alpha value is -2.76. The van der Waals surface area contributed by atoms with Gasteiger partial charge in [0.05, 0.1) is 12.3 Å². The van der Waals surface area contributed by atoms with Crippen molar-refractivity contribution < 1.29 is 13.9 Å². The lowest BCUT2D eigenvalue weighted by Gasteiger charge is -2.51. The van der Waals surface area contributed by atoms with Crippen LogP contribution in [0.15, 0.2) is 52.2 Å². The first-order chi connectivity index (χ1) is 12.7. The predicted molar refractivity (Wildman–Crippen MR) is 95.7 cm³/mol. The van der Waals surface area contributed by atoms with Crippen LogP contribution in [0.3, 0.4) is 0 Å². The molecule has 6 nitrogen and oxygen atoms in total. The second kappa shape index (κ2) is 5.62. The van der Waals surface area contributed by atoms with E-state index in [1.807, 2.05) is 35.2 Å². The van der Waals surface area contributed by atoms with E-state index in [0.29, 0.717) is 13.1 Å². The second-order valence-electron chi connectivity index (χ2n) is 7.18. The molecule has 1 aromatic carbocycles. The number of likely N-dealkylation sites (tertiary alicyclic amines) is 1. The van der Waals surface area contributed by atoms with Crippen LogP contribution < -0.4 is 4.74 Å². The number of rotatable bonds is 1. The van der Waals surface area contributed by atoms with Crippen LogP contribution in [0, 0.1) is 0 Å². The highest BCUT2D eigenvalue weighted by atomic mass is 16.5. The Morgan fingerprint density at radius 1 is 1.19 bits per heavy atom. The third-order valence-corrected chi connectivity index (χ3v) is 5.70.